The average molecular weight is 514 g/mol. The topological polar surface area (TPSA) is 0 Å². The van der Waals surface area contributed by atoms with Crippen molar-refractivity contribution in [1.29, 1.82) is 0 Å². The zero-order chi connectivity index (χ0) is 18.5. The van der Waals surface area contributed by atoms with E-state index < -0.39 is 21.9 Å². The Morgan fingerprint density at radius 2 is 1.48 bits per heavy atom. The van der Waals surface area contributed by atoms with E-state index in [4.69, 9.17) is 0 Å². The summed E-state index contributed by atoms with van der Waals surface area (Å²) in [6.45, 7) is 7.37. The molecule has 0 amide bonds. The van der Waals surface area contributed by atoms with Crippen molar-refractivity contribution in [3.8, 4) is 0 Å². The molecule has 0 aromatic heterocycles. The zero-order valence-electron chi connectivity index (χ0n) is 16.8. The van der Waals surface area contributed by atoms with E-state index in [1.807, 2.05) is 3.28 Å². The molecular weight excluding hydrogens is 490 g/mol. The Morgan fingerprint density at radius 3 is 2.28 bits per heavy atom. The molecule has 145 valence electrons. The molecule has 0 radical (unpaired) electrons. The minimum Gasteiger partial charge on any atom is -1.00 e. The predicted molar refractivity (Wildman–Crippen MR) is 115 cm³/mol. The zero-order valence-corrected chi connectivity index (χ0v) is 21.8. The quantitative estimate of drug-likeness (QED) is 0.446. The Labute approximate surface area is 197 Å². The van der Waals surface area contributed by atoms with Crippen molar-refractivity contribution in [1.82, 2.24) is 0 Å². The number of allylic oxidation sites excluding steroid dienone is 2. The van der Waals surface area contributed by atoms with Crippen LogP contribution in [0.4, 0.5) is 0 Å². The summed E-state index contributed by atoms with van der Waals surface area (Å²) in [6, 6.07) is 22.7. The molecular formula is C25H23Cl2SiZr. The molecule has 3 aromatic rings. The molecule has 0 saturated heterocycles. The van der Waals surface area contributed by atoms with Gasteiger partial charge < -0.3 is 24.8 Å². The van der Waals surface area contributed by atoms with Crippen molar-refractivity contribution < 1.29 is 46.7 Å². The van der Waals surface area contributed by atoms with E-state index in [1.54, 1.807) is 11.1 Å². The summed E-state index contributed by atoms with van der Waals surface area (Å²) in [5.41, 5.74) is 7.44. The largest absolute Gasteiger partial charge is 1.00 e. The minimum atomic E-state index is -0.470. The Bertz CT molecular complexity index is 1170. The monoisotopic (exact) mass is 511 g/mol. The van der Waals surface area contributed by atoms with Crippen LogP contribution in [-0.2, 0) is 21.9 Å². The van der Waals surface area contributed by atoms with Crippen LogP contribution in [0.1, 0.15) is 41.0 Å². The summed E-state index contributed by atoms with van der Waals surface area (Å²) in [5.74, 6) is 1.09. The Morgan fingerprint density at radius 1 is 0.759 bits per heavy atom. The van der Waals surface area contributed by atoms with Gasteiger partial charge in [0.25, 0.3) is 0 Å². The first kappa shape index (κ1) is 22.8. The van der Waals surface area contributed by atoms with Gasteiger partial charge in [-0.2, -0.15) is 0 Å². The molecule has 2 unspecified atom stereocenters. The van der Waals surface area contributed by atoms with E-state index in [2.05, 4.69) is 92.8 Å². The van der Waals surface area contributed by atoms with Crippen LogP contribution >= 0.6 is 0 Å². The van der Waals surface area contributed by atoms with Gasteiger partial charge in [0.2, 0.25) is 0 Å². The predicted octanol–water partition coefficient (Wildman–Crippen LogP) is 0.820. The molecule has 0 fully saturated rings. The Balaban J connectivity index is 0.00000120. The van der Waals surface area contributed by atoms with E-state index in [-0.39, 0.29) is 30.2 Å². The van der Waals surface area contributed by atoms with E-state index in [1.165, 1.54) is 27.5 Å². The summed E-state index contributed by atoms with van der Waals surface area (Å²) in [7, 11) is 0. The molecule has 2 aliphatic rings. The number of halogens is 2. The fraction of sp³-hybridized carbons (Fsp3) is 0.200. The van der Waals surface area contributed by atoms with Gasteiger partial charge in [0.05, 0.1) is 0 Å². The first-order valence-electron chi connectivity index (χ1n) is 9.71. The number of hydrogen-bond donors (Lipinski definition) is 0. The molecule has 0 saturated carbocycles. The smallest absolute Gasteiger partial charge is 1.00 e. The number of benzene rings is 3. The van der Waals surface area contributed by atoms with Gasteiger partial charge in [-0.15, -0.1) is 0 Å². The van der Waals surface area contributed by atoms with Crippen LogP contribution in [0.2, 0.25) is 13.1 Å². The van der Waals surface area contributed by atoms with Gasteiger partial charge in [-0.3, -0.25) is 0 Å². The summed E-state index contributed by atoms with van der Waals surface area (Å²) < 4.78 is 1.82. The summed E-state index contributed by atoms with van der Waals surface area (Å²) in [4.78, 5) is 0. The van der Waals surface area contributed by atoms with E-state index in [9.17, 15) is 0 Å². The van der Waals surface area contributed by atoms with Crippen LogP contribution in [0.3, 0.4) is 0 Å². The van der Waals surface area contributed by atoms with Crippen LogP contribution in [0.25, 0.3) is 22.9 Å². The third-order valence-electron chi connectivity index (χ3n) is 5.91. The van der Waals surface area contributed by atoms with Gasteiger partial charge in [0.15, 0.2) is 0 Å². The van der Waals surface area contributed by atoms with E-state index in [0.29, 0.717) is 11.8 Å². The first-order valence-corrected chi connectivity index (χ1v) is 17.1. The van der Waals surface area contributed by atoms with E-state index >= 15 is 0 Å². The number of fused-ring (bicyclic) bond motifs is 4. The van der Waals surface area contributed by atoms with Crippen molar-refractivity contribution >= 4 is 28.4 Å². The van der Waals surface area contributed by atoms with Gasteiger partial charge in [-0.25, -0.2) is 0 Å². The maximum atomic E-state index is 2.57. The van der Waals surface area contributed by atoms with Crippen LogP contribution in [0.15, 0.2) is 69.5 Å². The summed E-state index contributed by atoms with van der Waals surface area (Å²) in [5, 5.41) is 2.76. The first-order chi connectivity index (χ1) is 13.1. The van der Waals surface area contributed by atoms with Gasteiger partial charge in [-0.1, -0.05) is 0 Å². The van der Waals surface area contributed by atoms with Crippen LogP contribution in [0.5, 0.6) is 0 Å². The maximum Gasteiger partial charge on any atom is -1.00 e. The molecule has 5 rings (SSSR count). The number of rotatable bonds is 2. The Kier molecular flexibility index (Phi) is 7.11. The maximum absolute atomic E-state index is 2.57. The van der Waals surface area contributed by atoms with E-state index in [0.717, 1.165) is 0 Å². The average Bonchev–Trinajstić information content (AvgIpc) is 3.17. The fourth-order valence-electron chi connectivity index (χ4n) is 4.86. The van der Waals surface area contributed by atoms with Crippen LogP contribution in [-0.4, -0.2) is 5.43 Å². The van der Waals surface area contributed by atoms with Crippen molar-refractivity contribution in [2.45, 2.75) is 31.9 Å². The van der Waals surface area contributed by atoms with Crippen molar-refractivity contribution in [3.05, 3.63) is 91.8 Å². The molecule has 0 aliphatic heterocycles. The molecule has 0 N–H and O–H groups in total. The third kappa shape index (κ3) is 3.90. The Hall–Kier alpha value is -0.920. The summed E-state index contributed by atoms with van der Waals surface area (Å²) >= 11 is -0.470. The molecule has 4 heteroatoms. The second-order valence-corrected chi connectivity index (χ2v) is 20.9. The number of hydrogen-bond acceptors (Lipinski definition) is 0. The summed E-state index contributed by atoms with van der Waals surface area (Å²) in [6.07, 6.45) is 5.03. The van der Waals surface area contributed by atoms with Gasteiger partial charge >= 0.3 is 174 Å². The van der Waals surface area contributed by atoms with Gasteiger partial charge in [0, 0.05) is 0 Å². The van der Waals surface area contributed by atoms with Gasteiger partial charge in [-0.05, 0) is 0 Å². The second-order valence-electron chi connectivity index (χ2n) is 7.99. The molecule has 0 heterocycles. The molecule has 0 nitrogen and oxygen atoms in total. The standard InChI is InChI=1S/C23H17.C2H6Si.2ClH.Zr/c1-15-14-22-19-9-5-3-7-17(19)11-13-21(22)23(15)20-12-10-16-6-2-4-8-18(16)20;1-3-2;;;/h2-11,13-14,20,23H,1H3;1-2H3;2*1H;/q;;;;+2/p-2. The molecule has 29 heavy (non-hydrogen) atoms. The SMILES string of the molecule is CC1=Cc2c(ccc3ccccc23)C1C1[C]([Zr+2]=[Si](C)C)=Cc2ccccc21.[Cl-].[Cl-]. The molecule has 2 atom stereocenters. The van der Waals surface area contributed by atoms with Crippen molar-refractivity contribution in [3.63, 3.8) is 0 Å². The normalized spacial score (nSPS) is 18.6. The van der Waals surface area contributed by atoms with Crippen LogP contribution < -0.4 is 24.8 Å². The van der Waals surface area contributed by atoms with Crippen LogP contribution in [0, 0.1) is 0 Å². The van der Waals surface area contributed by atoms with Gasteiger partial charge in [0.1, 0.15) is 0 Å². The molecule has 0 bridgehead atoms. The minimum absolute atomic E-state index is 0. The molecule has 2 aliphatic carbocycles. The fourth-order valence-corrected chi connectivity index (χ4v) is 12.8. The van der Waals surface area contributed by atoms with Crippen molar-refractivity contribution in [2.24, 2.45) is 0 Å². The third-order valence-corrected chi connectivity index (χ3v) is 13.6. The molecule has 0 spiro atoms. The second kappa shape index (κ2) is 9.06. The van der Waals surface area contributed by atoms with Crippen molar-refractivity contribution in [2.75, 3.05) is 0 Å². The molecule has 3 aromatic carbocycles.